The number of anilines is 1. The molecule has 0 saturated carbocycles. The maximum Gasteiger partial charge on any atom is 0.256 e. The molecule has 0 bridgehead atoms. The van der Waals surface area contributed by atoms with Crippen LogP contribution in [-0.4, -0.2) is 11.0 Å². The van der Waals surface area contributed by atoms with Gasteiger partial charge in [0.25, 0.3) is 5.91 Å². The molecule has 0 aliphatic rings. The highest BCUT2D eigenvalue weighted by atomic mass is 16.3. The van der Waals surface area contributed by atoms with E-state index in [0.717, 1.165) is 39.1 Å². The molecule has 2 N–H and O–H groups in total. The van der Waals surface area contributed by atoms with Crippen LogP contribution in [0.25, 0.3) is 11.1 Å². The van der Waals surface area contributed by atoms with Gasteiger partial charge in [0.1, 0.15) is 5.75 Å². The summed E-state index contributed by atoms with van der Waals surface area (Å²) in [5.41, 5.74) is 7.88. The molecule has 3 heteroatoms. The number of phenolic OH excluding ortho intramolecular Hbond substituents is 1. The summed E-state index contributed by atoms with van der Waals surface area (Å²) in [6.07, 6.45) is 0. The molecule has 0 aliphatic carbocycles. The second-order valence-corrected chi connectivity index (χ2v) is 8.61. The standard InChI is InChI=1S/C27H31NO2/c1-16(2)23-8-7-9-24(17(3)4)26(23)28-27(30)25-18(5)14-21(15-19(25)6)20-10-12-22(29)13-11-20/h7-17,29H,1-6H3,(H,28,30). The number of carbonyl (C=O) groups is 1. The molecular formula is C27H31NO2. The van der Waals surface area contributed by atoms with Crippen LogP contribution in [0.4, 0.5) is 5.69 Å². The Bertz CT molecular complexity index is 1010. The number of amides is 1. The zero-order valence-corrected chi connectivity index (χ0v) is 18.7. The van der Waals surface area contributed by atoms with Crippen LogP contribution >= 0.6 is 0 Å². The second-order valence-electron chi connectivity index (χ2n) is 8.61. The maximum absolute atomic E-state index is 13.4. The first-order valence-corrected chi connectivity index (χ1v) is 10.5. The predicted octanol–water partition coefficient (Wildman–Crippen LogP) is 7.18. The molecule has 0 radical (unpaired) electrons. The lowest BCUT2D eigenvalue weighted by Gasteiger charge is -2.21. The van der Waals surface area contributed by atoms with Crippen molar-refractivity contribution >= 4 is 11.6 Å². The molecule has 0 saturated heterocycles. The van der Waals surface area contributed by atoms with Crippen LogP contribution in [0.3, 0.4) is 0 Å². The Morgan fingerprint density at radius 3 is 1.77 bits per heavy atom. The molecule has 3 aromatic rings. The summed E-state index contributed by atoms with van der Waals surface area (Å²) < 4.78 is 0. The summed E-state index contributed by atoms with van der Waals surface area (Å²) in [4.78, 5) is 13.4. The lowest BCUT2D eigenvalue weighted by atomic mass is 9.91. The predicted molar refractivity (Wildman–Crippen MR) is 126 cm³/mol. The number of hydrogen-bond acceptors (Lipinski definition) is 2. The summed E-state index contributed by atoms with van der Waals surface area (Å²) >= 11 is 0. The van der Waals surface area contributed by atoms with Crippen LogP contribution < -0.4 is 5.32 Å². The minimum atomic E-state index is -0.0720. The number of benzene rings is 3. The molecule has 30 heavy (non-hydrogen) atoms. The zero-order valence-electron chi connectivity index (χ0n) is 18.7. The summed E-state index contributed by atoms with van der Waals surface area (Å²) in [5.74, 6) is 0.807. The minimum absolute atomic E-state index is 0.0720. The van der Waals surface area contributed by atoms with E-state index in [2.05, 4.69) is 51.2 Å². The van der Waals surface area contributed by atoms with Crippen LogP contribution in [0.2, 0.25) is 0 Å². The van der Waals surface area contributed by atoms with Crippen molar-refractivity contribution in [1.82, 2.24) is 0 Å². The van der Waals surface area contributed by atoms with Gasteiger partial charge in [-0.3, -0.25) is 4.79 Å². The highest BCUT2D eigenvalue weighted by Gasteiger charge is 2.19. The average molecular weight is 402 g/mol. The Morgan fingerprint density at radius 1 is 0.800 bits per heavy atom. The molecular weight excluding hydrogens is 370 g/mol. The topological polar surface area (TPSA) is 49.3 Å². The van der Waals surface area contributed by atoms with E-state index in [1.165, 1.54) is 0 Å². The van der Waals surface area contributed by atoms with Crippen LogP contribution in [0.5, 0.6) is 5.75 Å². The molecule has 1 amide bonds. The molecule has 0 aromatic heterocycles. The van der Waals surface area contributed by atoms with Gasteiger partial charge in [0.2, 0.25) is 0 Å². The van der Waals surface area contributed by atoms with Crippen molar-refractivity contribution in [2.45, 2.75) is 53.4 Å². The van der Waals surface area contributed by atoms with Gasteiger partial charge in [0, 0.05) is 11.3 Å². The van der Waals surface area contributed by atoms with Gasteiger partial charge in [-0.15, -0.1) is 0 Å². The minimum Gasteiger partial charge on any atom is -0.508 e. The van der Waals surface area contributed by atoms with Crippen LogP contribution in [0, 0.1) is 13.8 Å². The van der Waals surface area contributed by atoms with Crippen molar-refractivity contribution < 1.29 is 9.90 Å². The smallest absolute Gasteiger partial charge is 0.256 e. The van der Waals surface area contributed by atoms with Crippen molar-refractivity contribution in [3.05, 3.63) is 82.4 Å². The first-order valence-electron chi connectivity index (χ1n) is 10.5. The van der Waals surface area contributed by atoms with Gasteiger partial charge >= 0.3 is 0 Å². The number of nitrogens with one attached hydrogen (secondary N) is 1. The molecule has 0 atom stereocenters. The average Bonchev–Trinajstić information content (AvgIpc) is 2.67. The third-order valence-electron chi connectivity index (χ3n) is 5.57. The number of phenols is 1. The lowest BCUT2D eigenvalue weighted by Crippen LogP contribution is -2.18. The van der Waals surface area contributed by atoms with Gasteiger partial charge in [0.05, 0.1) is 0 Å². The van der Waals surface area contributed by atoms with Crippen LogP contribution in [-0.2, 0) is 0 Å². The zero-order chi connectivity index (χ0) is 22.0. The number of aromatic hydroxyl groups is 1. The third kappa shape index (κ3) is 4.40. The Balaban J connectivity index is 2.00. The number of para-hydroxylation sites is 1. The normalized spacial score (nSPS) is 11.2. The number of aryl methyl sites for hydroxylation is 2. The Kier molecular flexibility index (Phi) is 6.31. The Labute approximate surface area is 179 Å². The highest BCUT2D eigenvalue weighted by molar-refractivity contribution is 6.07. The number of carbonyl (C=O) groups excluding carboxylic acids is 1. The fourth-order valence-electron chi connectivity index (χ4n) is 4.01. The molecule has 156 valence electrons. The second kappa shape index (κ2) is 8.74. The van der Waals surface area contributed by atoms with E-state index >= 15 is 0 Å². The van der Waals surface area contributed by atoms with Crippen molar-refractivity contribution in [2.24, 2.45) is 0 Å². The lowest BCUT2D eigenvalue weighted by molar-refractivity contribution is 0.102. The van der Waals surface area contributed by atoms with E-state index in [1.807, 2.05) is 38.1 Å². The van der Waals surface area contributed by atoms with Crippen LogP contribution in [0.15, 0.2) is 54.6 Å². The van der Waals surface area contributed by atoms with Gasteiger partial charge in [0.15, 0.2) is 0 Å². The Morgan fingerprint density at radius 2 is 1.30 bits per heavy atom. The fraction of sp³-hybridized carbons (Fsp3) is 0.296. The molecule has 0 aliphatic heterocycles. The van der Waals surface area contributed by atoms with E-state index in [0.29, 0.717) is 17.4 Å². The van der Waals surface area contributed by atoms with E-state index < -0.39 is 0 Å². The SMILES string of the molecule is Cc1cc(-c2ccc(O)cc2)cc(C)c1C(=O)Nc1c(C(C)C)cccc1C(C)C. The molecule has 0 fully saturated rings. The van der Waals surface area contributed by atoms with Crippen molar-refractivity contribution in [1.29, 1.82) is 0 Å². The number of hydrogen-bond donors (Lipinski definition) is 2. The van der Waals surface area contributed by atoms with Crippen molar-refractivity contribution in [3.63, 3.8) is 0 Å². The summed E-state index contributed by atoms with van der Waals surface area (Å²) in [5, 5.41) is 12.8. The van der Waals surface area contributed by atoms with Gasteiger partial charge in [-0.05, 0) is 71.2 Å². The molecule has 3 aromatic carbocycles. The van der Waals surface area contributed by atoms with Gasteiger partial charge in [-0.25, -0.2) is 0 Å². The Hall–Kier alpha value is -3.07. The largest absolute Gasteiger partial charge is 0.508 e. The molecule has 0 unspecified atom stereocenters. The molecule has 3 rings (SSSR count). The van der Waals surface area contributed by atoms with E-state index in [1.54, 1.807) is 12.1 Å². The fourth-order valence-corrected chi connectivity index (χ4v) is 4.01. The third-order valence-corrected chi connectivity index (χ3v) is 5.57. The van der Waals surface area contributed by atoms with E-state index in [-0.39, 0.29) is 11.7 Å². The monoisotopic (exact) mass is 401 g/mol. The van der Waals surface area contributed by atoms with E-state index in [9.17, 15) is 9.90 Å². The van der Waals surface area contributed by atoms with Crippen LogP contribution in [0.1, 0.15) is 72.1 Å². The molecule has 0 heterocycles. The quantitative estimate of drug-likeness (QED) is 0.476. The summed E-state index contributed by atoms with van der Waals surface area (Å²) in [6, 6.07) is 17.5. The summed E-state index contributed by atoms with van der Waals surface area (Å²) in [7, 11) is 0. The van der Waals surface area contributed by atoms with Gasteiger partial charge in [-0.2, -0.15) is 0 Å². The van der Waals surface area contributed by atoms with Crippen molar-refractivity contribution in [3.8, 4) is 16.9 Å². The first-order chi connectivity index (χ1) is 14.2. The van der Waals surface area contributed by atoms with Gasteiger partial charge in [-0.1, -0.05) is 70.2 Å². The number of rotatable bonds is 5. The molecule has 0 spiro atoms. The first kappa shape index (κ1) is 21.6. The summed E-state index contributed by atoms with van der Waals surface area (Å²) in [6.45, 7) is 12.6. The maximum atomic E-state index is 13.4. The van der Waals surface area contributed by atoms with Crippen molar-refractivity contribution in [2.75, 3.05) is 5.32 Å². The van der Waals surface area contributed by atoms with E-state index in [4.69, 9.17) is 0 Å². The highest BCUT2D eigenvalue weighted by Crippen LogP contribution is 2.33. The molecule has 3 nitrogen and oxygen atoms in total. The van der Waals surface area contributed by atoms with Gasteiger partial charge < -0.3 is 10.4 Å².